The third kappa shape index (κ3) is 8.21. The summed E-state index contributed by atoms with van der Waals surface area (Å²) in [5.41, 5.74) is -3.46. The molecule has 150 valence electrons. The number of rotatable bonds is 7. The molecule has 0 atom stereocenters. The van der Waals surface area contributed by atoms with E-state index in [2.05, 4.69) is 30.3 Å². The van der Waals surface area contributed by atoms with Crippen LogP contribution in [0.2, 0.25) is 0 Å². The number of aromatic nitrogens is 3. The van der Waals surface area contributed by atoms with Crippen molar-refractivity contribution in [1.29, 1.82) is 0 Å². The molecule has 0 aliphatic rings. The quantitative estimate of drug-likeness (QED) is 0.627. The minimum absolute atomic E-state index is 0. The second-order valence-electron chi connectivity index (χ2n) is 6.27. The van der Waals surface area contributed by atoms with Crippen molar-refractivity contribution < 1.29 is 18.3 Å². The molecule has 2 N–H and O–H groups in total. The highest BCUT2D eigenvalue weighted by Gasteiger charge is 2.27. The van der Waals surface area contributed by atoms with E-state index < -0.39 is 5.57 Å². The van der Waals surface area contributed by atoms with Crippen molar-refractivity contribution in [3.05, 3.63) is 24.3 Å². The largest absolute Gasteiger partial charge is 0.487 e. The summed E-state index contributed by atoms with van der Waals surface area (Å²) in [5.74, 6) is 0.517. The Kier molecular flexibility index (Phi) is 7.53. The number of anilines is 3. The molecular formula is C17H24ClF2N5O2. The van der Waals surface area contributed by atoms with Crippen molar-refractivity contribution in [1.82, 2.24) is 15.0 Å². The molecule has 0 saturated carbocycles. The van der Waals surface area contributed by atoms with Crippen LogP contribution < -0.4 is 20.1 Å². The van der Waals surface area contributed by atoms with Crippen LogP contribution in [0.25, 0.3) is 0 Å². The molecule has 27 heavy (non-hydrogen) atoms. The number of alkyl halides is 3. The third-order valence-electron chi connectivity index (χ3n) is 2.72. The van der Waals surface area contributed by atoms with E-state index in [-0.39, 0.29) is 30.7 Å². The zero-order valence-electron chi connectivity index (χ0n) is 14.8. The van der Waals surface area contributed by atoms with E-state index in [1.807, 2.05) is 27.7 Å². The first-order chi connectivity index (χ1) is 12.0. The first kappa shape index (κ1) is 22.6. The summed E-state index contributed by atoms with van der Waals surface area (Å²) in [5, 5.41) is 6.10. The van der Waals surface area contributed by atoms with Crippen LogP contribution in [0.5, 0.6) is 11.8 Å². The highest BCUT2D eigenvalue weighted by molar-refractivity contribution is 6.20. The molecule has 0 radical (unpaired) electrons. The molecule has 7 nitrogen and oxygen atoms in total. The highest BCUT2D eigenvalue weighted by atomic mass is 35.5. The van der Waals surface area contributed by atoms with Gasteiger partial charge in [-0.05, 0) is 52.0 Å². The Labute approximate surface area is 162 Å². The topological polar surface area (TPSA) is 81.2 Å². The maximum atomic E-state index is 12.6. The molecule has 0 bridgehead atoms. The lowest BCUT2D eigenvalue weighted by Gasteiger charge is -2.21. The van der Waals surface area contributed by atoms with Gasteiger partial charge in [0, 0.05) is 22.8 Å². The van der Waals surface area contributed by atoms with Crippen LogP contribution in [0.15, 0.2) is 24.3 Å². The molecule has 2 aromatic rings. The molecule has 0 saturated heterocycles. The fraction of sp³-hybridized carbons (Fsp3) is 0.471. The van der Waals surface area contributed by atoms with Gasteiger partial charge in [-0.3, -0.25) is 0 Å². The maximum Gasteiger partial charge on any atom is 0.487 e. The Hall–Kier alpha value is -2.42. The molecule has 0 amide bonds. The zero-order valence-corrected chi connectivity index (χ0v) is 15.6. The second kappa shape index (κ2) is 8.98. The van der Waals surface area contributed by atoms with Crippen LogP contribution in [0.4, 0.5) is 26.4 Å². The van der Waals surface area contributed by atoms with E-state index >= 15 is 0 Å². The monoisotopic (exact) mass is 403 g/mol. The molecule has 0 aliphatic heterocycles. The third-order valence-corrected chi connectivity index (χ3v) is 2.80. The van der Waals surface area contributed by atoms with Gasteiger partial charge >= 0.3 is 11.6 Å². The summed E-state index contributed by atoms with van der Waals surface area (Å²) in [4.78, 5) is 12.6. The molecular weight excluding hydrogens is 380 g/mol. The summed E-state index contributed by atoms with van der Waals surface area (Å²) >= 11 is 4.74. The lowest BCUT2D eigenvalue weighted by molar-refractivity contribution is -0.0964. The summed E-state index contributed by atoms with van der Waals surface area (Å²) in [6.45, 7) is 8.12. The van der Waals surface area contributed by atoms with Crippen molar-refractivity contribution in [2.24, 2.45) is 0 Å². The van der Waals surface area contributed by atoms with E-state index in [0.717, 1.165) is 0 Å². The van der Waals surface area contributed by atoms with E-state index in [1.54, 1.807) is 0 Å². The van der Waals surface area contributed by atoms with Crippen molar-refractivity contribution in [2.75, 3.05) is 17.2 Å². The Morgan fingerprint density at radius 3 is 2.15 bits per heavy atom. The van der Waals surface area contributed by atoms with Crippen LogP contribution in [0.1, 0.15) is 35.1 Å². The van der Waals surface area contributed by atoms with Gasteiger partial charge in [-0.2, -0.15) is 15.0 Å². The first-order valence-corrected chi connectivity index (χ1v) is 8.22. The number of hydrogen-bond acceptors (Lipinski definition) is 7. The number of benzene rings is 1. The molecule has 0 fully saturated rings. The van der Waals surface area contributed by atoms with Gasteiger partial charge in [0.25, 0.3) is 0 Å². The van der Waals surface area contributed by atoms with Gasteiger partial charge in [-0.15, -0.1) is 8.78 Å². The van der Waals surface area contributed by atoms with Gasteiger partial charge in [-0.25, -0.2) is 0 Å². The predicted molar refractivity (Wildman–Crippen MR) is 102 cm³/mol. The van der Waals surface area contributed by atoms with Crippen molar-refractivity contribution in [2.45, 2.75) is 46.2 Å². The van der Waals surface area contributed by atoms with Crippen LogP contribution in [0, 0.1) is 0 Å². The smallest absolute Gasteiger partial charge is 0.464 e. The van der Waals surface area contributed by atoms with Crippen molar-refractivity contribution >= 4 is 29.2 Å². The van der Waals surface area contributed by atoms with Crippen LogP contribution in [0.3, 0.4) is 0 Å². The van der Waals surface area contributed by atoms with E-state index in [0.29, 0.717) is 18.2 Å². The standard InChI is InChI=1S/C16H20ClF2N5O2.CH4/c1-5-25-14-22-12(21-13(23-14)24-15(2,3)4)20-10-6-8-11(9-7-10)26-16(17,18)19;/h6-9H,5H2,1-4H3,(H2,20,21,22,23,24);1H4. The average Bonchev–Trinajstić information content (AvgIpc) is 2.46. The Bertz CT molecular complexity index is 734. The zero-order chi connectivity index (χ0) is 19.4. The normalized spacial score (nSPS) is 11.4. The summed E-state index contributed by atoms with van der Waals surface area (Å²) < 4.78 is 34.9. The Morgan fingerprint density at radius 1 is 1.04 bits per heavy atom. The van der Waals surface area contributed by atoms with E-state index in [1.165, 1.54) is 24.3 Å². The predicted octanol–water partition coefficient (Wildman–Crippen LogP) is 5.03. The number of halogens is 3. The van der Waals surface area contributed by atoms with E-state index in [9.17, 15) is 8.78 Å². The van der Waals surface area contributed by atoms with Gasteiger partial charge < -0.3 is 20.1 Å². The average molecular weight is 404 g/mol. The molecule has 1 heterocycles. The minimum atomic E-state index is -3.76. The Balaban J connectivity index is 0.00000364. The molecule has 2 rings (SSSR count). The molecule has 0 aliphatic carbocycles. The van der Waals surface area contributed by atoms with Gasteiger partial charge in [0.05, 0.1) is 6.61 Å². The maximum absolute atomic E-state index is 12.6. The van der Waals surface area contributed by atoms with Crippen molar-refractivity contribution in [3.63, 3.8) is 0 Å². The minimum Gasteiger partial charge on any atom is -0.464 e. The summed E-state index contributed by atoms with van der Waals surface area (Å²) in [6, 6.07) is 5.91. The first-order valence-electron chi connectivity index (χ1n) is 7.84. The fourth-order valence-electron chi connectivity index (χ4n) is 1.87. The van der Waals surface area contributed by atoms with Gasteiger partial charge in [0.1, 0.15) is 5.75 Å². The summed E-state index contributed by atoms with van der Waals surface area (Å²) in [6.07, 6.45) is 0. The second-order valence-corrected chi connectivity index (χ2v) is 6.71. The van der Waals surface area contributed by atoms with Gasteiger partial charge in [0.15, 0.2) is 0 Å². The number of hydrogen-bond donors (Lipinski definition) is 2. The van der Waals surface area contributed by atoms with Crippen LogP contribution >= 0.6 is 11.6 Å². The fourth-order valence-corrected chi connectivity index (χ4v) is 1.96. The number of nitrogens with zero attached hydrogens (tertiary/aromatic N) is 3. The number of ether oxygens (including phenoxy) is 2. The van der Waals surface area contributed by atoms with Crippen LogP contribution in [-0.2, 0) is 0 Å². The highest BCUT2D eigenvalue weighted by Crippen LogP contribution is 2.27. The van der Waals surface area contributed by atoms with Gasteiger partial charge in [-0.1, -0.05) is 7.43 Å². The van der Waals surface area contributed by atoms with E-state index in [4.69, 9.17) is 16.3 Å². The summed E-state index contributed by atoms with van der Waals surface area (Å²) in [7, 11) is 0. The van der Waals surface area contributed by atoms with Crippen molar-refractivity contribution in [3.8, 4) is 11.8 Å². The molecule has 0 spiro atoms. The van der Waals surface area contributed by atoms with Gasteiger partial charge in [0.2, 0.25) is 11.9 Å². The number of nitrogens with one attached hydrogen (secondary N) is 2. The molecule has 1 aromatic heterocycles. The SMILES string of the molecule is C.CCOc1nc(Nc2ccc(OC(F)(F)Cl)cc2)nc(NC(C)(C)C)n1. The Morgan fingerprint density at radius 2 is 1.63 bits per heavy atom. The lowest BCUT2D eigenvalue weighted by atomic mass is 10.1. The molecule has 10 heteroatoms. The molecule has 0 unspecified atom stereocenters. The van der Waals surface area contributed by atoms with Crippen LogP contribution in [-0.4, -0.2) is 32.7 Å². The molecule has 1 aromatic carbocycles. The lowest BCUT2D eigenvalue weighted by Crippen LogP contribution is -2.27.